The van der Waals surface area contributed by atoms with Gasteiger partial charge in [-0.1, -0.05) is 54.6 Å². The van der Waals surface area contributed by atoms with E-state index in [-0.39, 0.29) is 39.4 Å². The molecule has 4 atom stereocenters. The van der Waals surface area contributed by atoms with Gasteiger partial charge in [0.25, 0.3) is 0 Å². The molecular formula is C32H26N8O7. The Morgan fingerprint density at radius 2 is 1.49 bits per heavy atom. The quantitative estimate of drug-likeness (QED) is 0.0754. The number of nitrogens with two attached hydrogens (primary N) is 1. The zero-order valence-corrected chi connectivity index (χ0v) is 24.7. The number of benzene rings is 3. The van der Waals surface area contributed by atoms with Crippen LogP contribution >= 0.6 is 0 Å². The molecule has 3 heterocycles. The van der Waals surface area contributed by atoms with Crippen LogP contribution in [0.3, 0.4) is 0 Å². The Morgan fingerprint density at radius 3 is 2.09 bits per heavy atom. The van der Waals surface area contributed by atoms with Gasteiger partial charge in [0.05, 0.1) is 23.0 Å². The van der Waals surface area contributed by atoms with Crippen LogP contribution in [0.4, 0.5) is 11.6 Å². The Bertz CT molecular complexity index is 1980. The second-order valence-electron chi connectivity index (χ2n) is 10.6. The molecule has 236 valence electrons. The summed E-state index contributed by atoms with van der Waals surface area (Å²) in [6.07, 6.45) is -2.54. The average molecular weight is 635 g/mol. The van der Waals surface area contributed by atoms with Gasteiger partial charge in [0, 0.05) is 4.91 Å². The third kappa shape index (κ3) is 6.03. The summed E-state index contributed by atoms with van der Waals surface area (Å²) in [5.74, 6) is -2.43. The highest BCUT2D eigenvalue weighted by molar-refractivity contribution is 5.92. The molecular weight excluding hydrogens is 608 g/mol. The summed E-state index contributed by atoms with van der Waals surface area (Å²) in [7, 11) is 0. The molecule has 1 fully saturated rings. The van der Waals surface area contributed by atoms with Gasteiger partial charge in [-0.3, -0.25) is 4.57 Å². The van der Waals surface area contributed by atoms with E-state index in [4.69, 9.17) is 24.7 Å². The third-order valence-corrected chi connectivity index (χ3v) is 7.54. The van der Waals surface area contributed by atoms with Crippen molar-refractivity contribution >= 4 is 40.6 Å². The third-order valence-electron chi connectivity index (χ3n) is 7.54. The first-order valence-electron chi connectivity index (χ1n) is 14.3. The van der Waals surface area contributed by atoms with Crippen LogP contribution in [0.1, 0.15) is 44.2 Å². The van der Waals surface area contributed by atoms with E-state index in [1.807, 2.05) is 0 Å². The molecule has 6 rings (SSSR count). The molecule has 15 heteroatoms. The van der Waals surface area contributed by atoms with E-state index >= 15 is 0 Å². The number of aromatic nitrogens is 4. The number of hydrogen-bond acceptors (Lipinski definition) is 12. The van der Waals surface area contributed by atoms with Crippen molar-refractivity contribution in [1.29, 1.82) is 0 Å². The normalized spacial score (nSPS) is 20.2. The van der Waals surface area contributed by atoms with Gasteiger partial charge in [0.1, 0.15) is 23.7 Å². The number of rotatable bonds is 9. The van der Waals surface area contributed by atoms with Crippen LogP contribution in [0.25, 0.3) is 21.5 Å². The monoisotopic (exact) mass is 634 g/mol. The fraction of sp³-hybridized carbons (Fsp3) is 0.188. The zero-order valence-electron chi connectivity index (χ0n) is 24.7. The SMILES string of the molecule is C[C@@]1(OC(=O)c2ccccc2)[C@H](OC(=O)c2ccccc2)[C@@H](COC(=O)c2ccccc2)O[C@H]1n1cnc2c(N)nnc(N=[N+]=[N-])c21. The van der Waals surface area contributed by atoms with Crippen LogP contribution < -0.4 is 5.73 Å². The molecule has 0 bridgehead atoms. The van der Waals surface area contributed by atoms with Gasteiger partial charge in [-0.2, -0.15) is 0 Å². The molecule has 0 saturated carbocycles. The first kappa shape index (κ1) is 30.7. The van der Waals surface area contributed by atoms with Gasteiger partial charge in [-0.15, -0.1) is 10.2 Å². The molecule has 47 heavy (non-hydrogen) atoms. The molecule has 2 aromatic heterocycles. The van der Waals surface area contributed by atoms with Crippen molar-refractivity contribution in [3.8, 4) is 0 Å². The summed E-state index contributed by atoms with van der Waals surface area (Å²) < 4.78 is 25.7. The van der Waals surface area contributed by atoms with Crippen molar-refractivity contribution in [3.05, 3.63) is 124 Å². The van der Waals surface area contributed by atoms with Gasteiger partial charge >= 0.3 is 17.9 Å². The summed E-state index contributed by atoms with van der Waals surface area (Å²) in [6, 6.07) is 24.7. The minimum absolute atomic E-state index is 0.0722. The number of nitrogen functional groups attached to an aromatic ring is 1. The number of ether oxygens (including phenoxy) is 4. The van der Waals surface area contributed by atoms with Crippen molar-refractivity contribution in [2.24, 2.45) is 5.11 Å². The van der Waals surface area contributed by atoms with E-state index in [0.29, 0.717) is 0 Å². The molecule has 2 N–H and O–H groups in total. The molecule has 0 unspecified atom stereocenters. The Hall–Kier alpha value is -6.31. The highest BCUT2D eigenvalue weighted by Gasteiger charge is 2.60. The smallest absolute Gasteiger partial charge is 0.338 e. The van der Waals surface area contributed by atoms with Crippen LogP contribution in [0, 0.1) is 0 Å². The molecule has 0 amide bonds. The zero-order chi connectivity index (χ0) is 33.0. The highest BCUT2D eigenvalue weighted by atomic mass is 16.7. The van der Waals surface area contributed by atoms with Crippen molar-refractivity contribution < 1.29 is 33.3 Å². The predicted octanol–water partition coefficient (Wildman–Crippen LogP) is 4.95. The number of hydrogen-bond donors (Lipinski definition) is 1. The van der Waals surface area contributed by atoms with Crippen molar-refractivity contribution in [3.63, 3.8) is 0 Å². The number of azide groups is 1. The molecule has 0 radical (unpaired) electrons. The fourth-order valence-corrected chi connectivity index (χ4v) is 5.31. The Morgan fingerprint density at radius 1 is 0.915 bits per heavy atom. The van der Waals surface area contributed by atoms with Gasteiger partial charge in [0.2, 0.25) is 0 Å². The number of anilines is 1. The van der Waals surface area contributed by atoms with Crippen molar-refractivity contribution in [2.75, 3.05) is 12.3 Å². The lowest BCUT2D eigenvalue weighted by Crippen LogP contribution is -2.50. The van der Waals surface area contributed by atoms with Gasteiger partial charge in [-0.25, -0.2) is 19.4 Å². The van der Waals surface area contributed by atoms with E-state index in [1.165, 1.54) is 17.8 Å². The van der Waals surface area contributed by atoms with Crippen LogP contribution in [0.2, 0.25) is 0 Å². The predicted molar refractivity (Wildman–Crippen MR) is 165 cm³/mol. The molecule has 15 nitrogen and oxygen atoms in total. The number of fused-ring (bicyclic) bond motifs is 1. The largest absolute Gasteiger partial charge is 0.459 e. The lowest BCUT2D eigenvalue weighted by atomic mass is 9.95. The minimum Gasteiger partial charge on any atom is -0.459 e. The maximum atomic E-state index is 13.6. The fourth-order valence-electron chi connectivity index (χ4n) is 5.31. The standard InChI is InChI=1S/C32H26N8O7/c1-32(47-30(43)21-15-9-4-10-16-21)25(46-29(42)20-13-7-3-8-14-20)22(17-44-28(41)19-11-5-2-6-12-19)45-31(32)40-18-35-23-24(40)27(38-39-34)37-36-26(23)33/h2-16,18,22,25,31H,17H2,1H3,(H2,33,36)/t22-,25-,31-,32-/m1/s1. The Balaban J connectivity index is 1.46. The molecule has 0 aliphatic carbocycles. The maximum absolute atomic E-state index is 13.6. The highest BCUT2D eigenvalue weighted by Crippen LogP contribution is 2.46. The van der Waals surface area contributed by atoms with E-state index in [0.717, 1.165) is 0 Å². The summed E-state index contributed by atoms with van der Waals surface area (Å²) in [4.78, 5) is 47.2. The number of imidazole rings is 1. The van der Waals surface area contributed by atoms with Gasteiger partial charge in [-0.05, 0) is 54.0 Å². The second kappa shape index (κ2) is 13.0. The Kier molecular flexibility index (Phi) is 8.47. The van der Waals surface area contributed by atoms with Crippen LogP contribution in [-0.4, -0.2) is 62.1 Å². The molecule has 1 aliphatic rings. The van der Waals surface area contributed by atoms with Crippen molar-refractivity contribution in [1.82, 2.24) is 19.7 Å². The number of esters is 3. The van der Waals surface area contributed by atoms with Crippen LogP contribution in [0.5, 0.6) is 0 Å². The lowest BCUT2D eigenvalue weighted by Gasteiger charge is -2.35. The van der Waals surface area contributed by atoms with E-state index in [1.54, 1.807) is 91.0 Å². The first-order chi connectivity index (χ1) is 22.8. The Labute approximate surface area is 266 Å². The molecule has 5 aromatic rings. The lowest BCUT2D eigenvalue weighted by molar-refractivity contribution is -0.108. The summed E-state index contributed by atoms with van der Waals surface area (Å²) in [5.41, 5.74) is 14.4. The van der Waals surface area contributed by atoms with Crippen molar-refractivity contribution in [2.45, 2.75) is 31.0 Å². The van der Waals surface area contributed by atoms with Gasteiger partial charge in [0.15, 0.2) is 29.6 Å². The summed E-state index contributed by atoms with van der Waals surface area (Å²) in [6.45, 7) is 1.10. The molecule has 1 aliphatic heterocycles. The van der Waals surface area contributed by atoms with Gasteiger partial charge < -0.3 is 24.7 Å². The topological polar surface area (TPSA) is 207 Å². The molecule has 3 aromatic carbocycles. The number of carbonyl (C=O) groups excluding carboxylic acids is 3. The number of carbonyl (C=O) groups is 3. The molecule has 0 spiro atoms. The molecule has 1 saturated heterocycles. The van der Waals surface area contributed by atoms with Crippen LogP contribution in [0.15, 0.2) is 102 Å². The van der Waals surface area contributed by atoms with Crippen LogP contribution in [-0.2, 0) is 18.9 Å². The van der Waals surface area contributed by atoms with E-state index < -0.39 is 48.6 Å². The maximum Gasteiger partial charge on any atom is 0.338 e. The second-order valence-corrected chi connectivity index (χ2v) is 10.6. The first-order valence-corrected chi connectivity index (χ1v) is 14.3. The summed E-state index contributed by atoms with van der Waals surface area (Å²) in [5, 5.41) is 11.3. The number of nitrogens with zero attached hydrogens (tertiary/aromatic N) is 7. The minimum atomic E-state index is -1.82. The van der Waals surface area contributed by atoms with E-state index in [9.17, 15) is 19.9 Å². The summed E-state index contributed by atoms with van der Waals surface area (Å²) >= 11 is 0. The average Bonchev–Trinajstić information content (AvgIpc) is 3.65. The van der Waals surface area contributed by atoms with E-state index in [2.05, 4.69) is 25.2 Å².